The van der Waals surface area contributed by atoms with Gasteiger partial charge in [0.2, 0.25) is 0 Å². The highest BCUT2D eigenvalue weighted by atomic mass is 16.5. The Hall–Kier alpha value is -3.02. The van der Waals surface area contributed by atoms with Gasteiger partial charge in [-0.15, -0.1) is 0 Å². The molecule has 34 heavy (non-hydrogen) atoms. The number of esters is 2. The lowest BCUT2D eigenvalue weighted by Gasteiger charge is -2.07. The monoisotopic (exact) mass is 470 g/mol. The van der Waals surface area contributed by atoms with Crippen molar-refractivity contribution in [3.63, 3.8) is 0 Å². The van der Waals surface area contributed by atoms with Gasteiger partial charge in [0.15, 0.2) is 0 Å². The van der Waals surface area contributed by atoms with Crippen LogP contribution in [0, 0.1) is 0 Å². The summed E-state index contributed by atoms with van der Waals surface area (Å²) in [5.74, 6) is -0.121. The zero-order chi connectivity index (χ0) is 24.4. The first kappa shape index (κ1) is 27.2. The second kappa shape index (κ2) is 16.6. The van der Waals surface area contributed by atoms with E-state index in [1.807, 2.05) is 24.3 Å². The van der Waals surface area contributed by atoms with Crippen LogP contribution in [0.1, 0.15) is 75.3 Å². The molecule has 0 spiro atoms. The first-order valence-corrected chi connectivity index (χ1v) is 12.4. The van der Waals surface area contributed by atoms with E-state index in [0.29, 0.717) is 24.7 Å². The zero-order valence-corrected chi connectivity index (χ0v) is 20.0. The molecule has 0 fully saturated rings. The third-order valence-corrected chi connectivity index (χ3v) is 5.60. The van der Waals surface area contributed by atoms with Gasteiger partial charge in [0.25, 0.3) is 0 Å². The number of rotatable bonds is 17. The Morgan fingerprint density at radius 3 is 1.41 bits per heavy atom. The van der Waals surface area contributed by atoms with Gasteiger partial charge >= 0.3 is 11.9 Å². The summed E-state index contributed by atoms with van der Waals surface area (Å²) < 4.78 is 10.4. The van der Waals surface area contributed by atoms with Gasteiger partial charge in [-0.3, -0.25) is 9.59 Å². The normalized spacial score (nSPS) is 10.7. The number of unbranched alkanes of at least 4 members (excludes halogenated alkanes) is 6. The van der Waals surface area contributed by atoms with E-state index >= 15 is 0 Å². The highest BCUT2D eigenvalue weighted by Gasteiger charge is 2.09. The highest BCUT2D eigenvalue weighted by Crippen LogP contribution is 2.15. The molecule has 2 N–H and O–H groups in total. The Bertz CT molecular complexity index is 792. The quantitative estimate of drug-likeness (QED) is 0.222. The minimum atomic E-state index is -0.358. The van der Waals surface area contributed by atoms with E-state index in [4.69, 9.17) is 9.47 Å². The van der Waals surface area contributed by atoms with Gasteiger partial charge in [-0.25, -0.2) is 0 Å². The summed E-state index contributed by atoms with van der Waals surface area (Å²) in [6.07, 6.45) is 9.66. The average Bonchev–Trinajstić information content (AvgIpc) is 2.81. The van der Waals surface area contributed by atoms with Crippen LogP contribution in [-0.2, 0) is 31.9 Å². The Morgan fingerprint density at radius 1 is 0.588 bits per heavy atom. The predicted octanol–water partition coefficient (Wildman–Crippen LogP) is 5.87. The first-order valence-electron chi connectivity index (χ1n) is 12.4. The fraction of sp³-hybridized carbons (Fsp3) is 0.500. The van der Waals surface area contributed by atoms with Crippen molar-refractivity contribution in [2.24, 2.45) is 0 Å². The largest absolute Gasteiger partial charge is 0.508 e. The van der Waals surface area contributed by atoms with Gasteiger partial charge in [0.05, 0.1) is 26.1 Å². The van der Waals surface area contributed by atoms with Crippen LogP contribution in [-0.4, -0.2) is 35.4 Å². The highest BCUT2D eigenvalue weighted by molar-refractivity contribution is 5.77. The number of benzene rings is 2. The number of carbonyl (C=O) groups excluding carboxylic acids is 2. The van der Waals surface area contributed by atoms with Crippen molar-refractivity contribution in [1.29, 1.82) is 0 Å². The maximum Gasteiger partial charge on any atom is 0.306 e. The molecule has 0 saturated carbocycles. The van der Waals surface area contributed by atoms with E-state index < -0.39 is 0 Å². The standard InChI is InChI=1S/C28H38O6/c29-25-15-9-13-23(21-25)11-5-1-3-7-19-33-27(31)17-18-28(32)34-20-8-4-2-6-12-24-14-10-16-26(30)22-24/h9-10,13-16,21-22,29-30H,1-8,11-12,17-20H2. The lowest BCUT2D eigenvalue weighted by atomic mass is 10.1. The zero-order valence-electron chi connectivity index (χ0n) is 20.0. The summed E-state index contributed by atoms with van der Waals surface area (Å²) in [5, 5.41) is 18.9. The van der Waals surface area contributed by atoms with Crippen LogP contribution in [0.5, 0.6) is 11.5 Å². The summed E-state index contributed by atoms with van der Waals surface area (Å²) in [7, 11) is 0. The Labute approximate surface area is 202 Å². The second-order valence-electron chi connectivity index (χ2n) is 8.61. The van der Waals surface area contributed by atoms with Gasteiger partial charge in [-0.2, -0.15) is 0 Å². The number of aryl methyl sites for hydroxylation is 2. The van der Waals surface area contributed by atoms with E-state index in [-0.39, 0.29) is 24.8 Å². The molecular weight excluding hydrogens is 432 g/mol. The summed E-state index contributed by atoms with van der Waals surface area (Å²) in [6, 6.07) is 14.6. The van der Waals surface area contributed by atoms with Crippen LogP contribution in [0.25, 0.3) is 0 Å². The van der Waals surface area contributed by atoms with Crippen LogP contribution in [0.15, 0.2) is 48.5 Å². The summed E-state index contributed by atoms with van der Waals surface area (Å²) >= 11 is 0. The molecule has 0 aliphatic carbocycles. The molecule has 0 amide bonds. The van der Waals surface area contributed by atoms with E-state index in [0.717, 1.165) is 75.3 Å². The third-order valence-electron chi connectivity index (χ3n) is 5.60. The van der Waals surface area contributed by atoms with Crippen molar-refractivity contribution in [3.8, 4) is 11.5 Å². The van der Waals surface area contributed by atoms with Crippen LogP contribution in [0.2, 0.25) is 0 Å². The van der Waals surface area contributed by atoms with E-state index in [2.05, 4.69) is 0 Å². The van der Waals surface area contributed by atoms with Crippen LogP contribution < -0.4 is 0 Å². The fourth-order valence-electron chi connectivity index (χ4n) is 3.71. The van der Waals surface area contributed by atoms with E-state index in [1.165, 1.54) is 0 Å². The number of carbonyl (C=O) groups is 2. The molecule has 186 valence electrons. The summed E-state index contributed by atoms with van der Waals surface area (Å²) in [6.45, 7) is 0.755. The van der Waals surface area contributed by atoms with Crippen LogP contribution in [0.4, 0.5) is 0 Å². The topological polar surface area (TPSA) is 93.1 Å². The molecule has 2 rings (SSSR count). The van der Waals surface area contributed by atoms with Crippen molar-refractivity contribution in [2.75, 3.05) is 13.2 Å². The molecule has 2 aromatic rings. The van der Waals surface area contributed by atoms with Gasteiger partial charge in [0.1, 0.15) is 11.5 Å². The summed E-state index contributed by atoms with van der Waals surface area (Å²) in [4.78, 5) is 23.5. The predicted molar refractivity (Wildman–Crippen MR) is 132 cm³/mol. The Balaban J connectivity index is 1.36. The number of hydrogen-bond acceptors (Lipinski definition) is 6. The van der Waals surface area contributed by atoms with Crippen LogP contribution >= 0.6 is 0 Å². The maximum atomic E-state index is 11.8. The first-order chi connectivity index (χ1) is 16.5. The number of phenolic OH excluding ortho intramolecular Hbond substituents is 2. The number of phenols is 2. The molecule has 0 aliphatic heterocycles. The number of hydrogen-bond donors (Lipinski definition) is 2. The van der Waals surface area contributed by atoms with Crippen molar-refractivity contribution in [1.82, 2.24) is 0 Å². The SMILES string of the molecule is O=C(CCC(=O)OCCCCCCc1cccc(O)c1)OCCCCCCc1cccc(O)c1. The van der Waals surface area contributed by atoms with Crippen molar-refractivity contribution in [3.05, 3.63) is 59.7 Å². The van der Waals surface area contributed by atoms with Gasteiger partial charge < -0.3 is 19.7 Å². The molecule has 0 aromatic heterocycles. The minimum absolute atomic E-state index is 0.0558. The second-order valence-corrected chi connectivity index (χ2v) is 8.61. The lowest BCUT2D eigenvalue weighted by Crippen LogP contribution is -2.11. The van der Waals surface area contributed by atoms with E-state index in [9.17, 15) is 19.8 Å². The van der Waals surface area contributed by atoms with Crippen LogP contribution in [0.3, 0.4) is 0 Å². The maximum absolute atomic E-state index is 11.8. The molecule has 6 nitrogen and oxygen atoms in total. The molecular formula is C28H38O6. The third kappa shape index (κ3) is 12.9. The van der Waals surface area contributed by atoms with Crippen molar-refractivity contribution < 1.29 is 29.3 Å². The molecule has 6 heteroatoms. The molecule has 0 unspecified atom stereocenters. The van der Waals surface area contributed by atoms with Crippen molar-refractivity contribution >= 4 is 11.9 Å². The molecule has 2 aromatic carbocycles. The Morgan fingerprint density at radius 2 is 1.00 bits per heavy atom. The average molecular weight is 471 g/mol. The molecule has 0 saturated heterocycles. The fourth-order valence-corrected chi connectivity index (χ4v) is 3.71. The van der Waals surface area contributed by atoms with Gasteiger partial charge in [-0.1, -0.05) is 49.9 Å². The van der Waals surface area contributed by atoms with Gasteiger partial charge in [0, 0.05) is 0 Å². The van der Waals surface area contributed by atoms with Crippen molar-refractivity contribution in [2.45, 2.75) is 77.0 Å². The molecule has 0 atom stereocenters. The van der Waals surface area contributed by atoms with Gasteiger partial charge in [-0.05, 0) is 73.9 Å². The minimum Gasteiger partial charge on any atom is -0.508 e. The number of aromatic hydroxyl groups is 2. The number of ether oxygens (including phenoxy) is 2. The smallest absolute Gasteiger partial charge is 0.306 e. The molecule has 0 bridgehead atoms. The molecule has 0 aliphatic rings. The molecule has 0 radical (unpaired) electrons. The Kier molecular flexibility index (Phi) is 13.3. The van der Waals surface area contributed by atoms with E-state index in [1.54, 1.807) is 24.3 Å². The summed E-state index contributed by atoms with van der Waals surface area (Å²) in [5.41, 5.74) is 2.26. The molecule has 0 heterocycles. The lowest BCUT2D eigenvalue weighted by molar-refractivity contribution is -0.150.